The molecule has 0 bridgehead atoms. The largest absolute Gasteiger partial charge is 0.494 e. The maximum atomic E-state index is 11.0. The lowest BCUT2D eigenvalue weighted by Crippen LogP contribution is -2.36. The number of hydrazine groups is 1. The Bertz CT molecular complexity index is 658. The molecule has 126 valence electrons. The maximum absolute atomic E-state index is 11.0. The van der Waals surface area contributed by atoms with Crippen LogP contribution in [0.3, 0.4) is 0 Å². The lowest BCUT2D eigenvalue weighted by molar-refractivity contribution is -0.139. The molecule has 0 aliphatic carbocycles. The summed E-state index contributed by atoms with van der Waals surface area (Å²) >= 11 is 0. The number of ether oxygens (including phenoxy) is 1. The fourth-order valence-electron chi connectivity index (χ4n) is 2.84. The highest BCUT2D eigenvalue weighted by atomic mass is 16.5. The zero-order chi connectivity index (χ0) is 16.8. The molecule has 1 aliphatic rings. The minimum Gasteiger partial charge on any atom is -0.494 e. The first-order chi connectivity index (χ1) is 11.7. The molecule has 2 aromatic rings. The van der Waals surface area contributed by atoms with E-state index in [0.29, 0.717) is 13.0 Å². The van der Waals surface area contributed by atoms with Gasteiger partial charge < -0.3 is 9.84 Å². The van der Waals surface area contributed by atoms with E-state index in [9.17, 15) is 4.79 Å². The summed E-state index contributed by atoms with van der Waals surface area (Å²) in [5.74, 6) is 0.0101. The van der Waals surface area contributed by atoms with Crippen LogP contribution in [0.2, 0.25) is 0 Å². The number of carboxylic acid groups (broad SMARTS) is 1. The van der Waals surface area contributed by atoms with E-state index >= 15 is 0 Å². The molecular weight excluding hydrogens is 304 g/mol. The van der Waals surface area contributed by atoms with E-state index in [4.69, 9.17) is 9.84 Å². The number of aliphatic carboxylic acids is 1. The number of carboxylic acids is 1. The van der Waals surface area contributed by atoms with E-state index in [2.05, 4.69) is 35.1 Å². The van der Waals surface area contributed by atoms with Gasteiger partial charge in [-0.15, -0.1) is 0 Å². The number of rotatable bonds is 7. The molecule has 3 N–H and O–H groups in total. The van der Waals surface area contributed by atoms with Crippen LogP contribution in [0.25, 0.3) is 0 Å². The molecule has 0 spiro atoms. The van der Waals surface area contributed by atoms with Crippen LogP contribution >= 0.6 is 0 Å². The van der Waals surface area contributed by atoms with Crippen LogP contribution in [0.5, 0.6) is 5.75 Å². The van der Waals surface area contributed by atoms with E-state index in [1.165, 1.54) is 5.56 Å². The molecule has 3 rings (SSSR count). The Balaban J connectivity index is 1.44. The van der Waals surface area contributed by atoms with E-state index in [0.717, 1.165) is 24.2 Å². The minimum atomic E-state index is -0.830. The van der Waals surface area contributed by atoms with Gasteiger partial charge in [0.2, 0.25) is 0 Å². The quantitative estimate of drug-likeness (QED) is 0.683. The first-order valence-corrected chi connectivity index (χ1v) is 8.23. The minimum absolute atomic E-state index is 0.0123. The predicted molar refractivity (Wildman–Crippen MR) is 91.8 cm³/mol. The predicted octanol–water partition coefficient (Wildman–Crippen LogP) is 2.69. The van der Waals surface area contributed by atoms with E-state index in [-0.39, 0.29) is 6.04 Å². The third-order valence-corrected chi connectivity index (χ3v) is 4.21. The van der Waals surface area contributed by atoms with Crippen molar-refractivity contribution < 1.29 is 14.6 Å². The highest BCUT2D eigenvalue weighted by Crippen LogP contribution is 2.24. The summed E-state index contributed by atoms with van der Waals surface area (Å²) in [6.07, 6.45) is 2.51. The van der Waals surface area contributed by atoms with Crippen molar-refractivity contribution in [3.63, 3.8) is 0 Å². The van der Waals surface area contributed by atoms with Crippen molar-refractivity contribution in [2.75, 3.05) is 6.61 Å². The molecular formula is C19H22N2O3. The second-order valence-electron chi connectivity index (χ2n) is 5.97. The average molecular weight is 326 g/mol. The summed E-state index contributed by atoms with van der Waals surface area (Å²) in [4.78, 5) is 11.0. The van der Waals surface area contributed by atoms with Gasteiger partial charge in [0.05, 0.1) is 6.61 Å². The normalized spacial score (nSPS) is 20.0. The van der Waals surface area contributed by atoms with Crippen LogP contribution in [0, 0.1) is 0 Å². The van der Waals surface area contributed by atoms with Crippen LogP contribution in [0.15, 0.2) is 54.6 Å². The van der Waals surface area contributed by atoms with Crippen LogP contribution in [0.1, 0.15) is 30.0 Å². The highest BCUT2D eigenvalue weighted by Gasteiger charge is 2.29. The first-order valence-electron chi connectivity index (χ1n) is 8.23. The Morgan fingerprint density at radius 1 is 1.08 bits per heavy atom. The molecule has 2 unspecified atom stereocenters. The van der Waals surface area contributed by atoms with Crippen molar-refractivity contribution >= 4 is 5.97 Å². The van der Waals surface area contributed by atoms with Gasteiger partial charge in [-0.05, 0) is 42.5 Å². The van der Waals surface area contributed by atoms with Crippen molar-refractivity contribution in [3.05, 3.63) is 65.7 Å². The summed E-state index contributed by atoms with van der Waals surface area (Å²) in [6.45, 7) is 0.679. The molecule has 0 amide bonds. The second kappa shape index (κ2) is 7.95. The standard InChI is InChI=1S/C19H22N2O3/c22-19(23)18-13-17(20-21-18)15-8-10-16(11-9-15)24-12-4-7-14-5-2-1-3-6-14/h1-3,5-6,8-11,17-18,20-21H,4,7,12-13H2,(H,22,23). The molecule has 5 heteroatoms. The summed E-state index contributed by atoms with van der Waals surface area (Å²) < 4.78 is 5.77. The fraction of sp³-hybridized carbons (Fsp3) is 0.316. The Morgan fingerprint density at radius 3 is 2.50 bits per heavy atom. The van der Waals surface area contributed by atoms with E-state index in [1.807, 2.05) is 30.3 Å². The summed E-state index contributed by atoms with van der Waals surface area (Å²) in [5.41, 5.74) is 8.20. The van der Waals surface area contributed by atoms with Crippen LogP contribution < -0.4 is 15.6 Å². The molecule has 24 heavy (non-hydrogen) atoms. The van der Waals surface area contributed by atoms with Crippen molar-refractivity contribution in [1.82, 2.24) is 10.9 Å². The van der Waals surface area contributed by atoms with Crippen LogP contribution in [-0.4, -0.2) is 23.7 Å². The van der Waals surface area contributed by atoms with Gasteiger partial charge in [-0.2, -0.15) is 0 Å². The average Bonchev–Trinajstić information content (AvgIpc) is 3.11. The number of carbonyl (C=O) groups is 1. The van der Waals surface area contributed by atoms with Crippen molar-refractivity contribution in [2.45, 2.75) is 31.3 Å². The Hall–Kier alpha value is -2.37. The molecule has 2 aromatic carbocycles. The second-order valence-corrected chi connectivity index (χ2v) is 5.97. The van der Waals surface area contributed by atoms with Crippen LogP contribution in [-0.2, 0) is 11.2 Å². The van der Waals surface area contributed by atoms with Crippen molar-refractivity contribution in [2.24, 2.45) is 0 Å². The molecule has 5 nitrogen and oxygen atoms in total. The Morgan fingerprint density at radius 2 is 1.83 bits per heavy atom. The third kappa shape index (κ3) is 4.34. The summed E-state index contributed by atoms with van der Waals surface area (Å²) in [7, 11) is 0. The Labute approximate surface area is 141 Å². The molecule has 1 aliphatic heterocycles. The molecule has 1 heterocycles. The monoisotopic (exact) mass is 326 g/mol. The van der Waals surface area contributed by atoms with Gasteiger partial charge >= 0.3 is 5.97 Å². The van der Waals surface area contributed by atoms with E-state index < -0.39 is 12.0 Å². The smallest absolute Gasteiger partial charge is 0.322 e. The highest BCUT2D eigenvalue weighted by molar-refractivity contribution is 5.73. The van der Waals surface area contributed by atoms with Crippen molar-refractivity contribution in [3.8, 4) is 5.75 Å². The molecule has 0 radical (unpaired) electrons. The third-order valence-electron chi connectivity index (χ3n) is 4.21. The Kier molecular flexibility index (Phi) is 5.46. The van der Waals surface area contributed by atoms with Gasteiger partial charge in [-0.25, -0.2) is 10.9 Å². The van der Waals surface area contributed by atoms with Gasteiger partial charge in [-0.1, -0.05) is 42.5 Å². The molecule has 0 saturated carbocycles. The number of hydrogen-bond acceptors (Lipinski definition) is 4. The topological polar surface area (TPSA) is 70.6 Å². The van der Waals surface area contributed by atoms with Gasteiger partial charge in [0.15, 0.2) is 0 Å². The molecule has 0 aromatic heterocycles. The molecule has 2 atom stereocenters. The lowest BCUT2D eigenvalue weighted by Gasteiger charge is -2.11. The van der Waals surface area contributed by atoms with Gasteiger partial charge in [0.1, 0.15) is 11.8 Å². The maximum Gasteiger partial charge on any atom is 0.322 e. The zero-order valence-electron chi connectivity index (χ0n) is 13.4. The molecule has 1 fully saturated rings. The number of benzene rings is 2. The van der Waals surface area contributed by atoms with Gasteiger partial charge in [-0.3, -0.25) is 4.79 Å². The number of aryl methyl sites for hydroxylation is 1. The zero-order valence-corrected chi connectivity index (χ0v) is 13.4. The number of hydrogen-bond donors (Lipinski definition) is 3. The van der Waals surface area contributed by atoms with Crippen molar-refractivity contribution in [1.29, 1.82) is 0 Å². The fourth-order valence-corrected chi connectivity index (χ4v) is 2.84. The summed E-state index contributed by atoms with van der Waals surface area (Å²) in [5, 5.41) is 9.00. The first kappa shape index (κ1) is 16.5. The SMILES string of the molecule is O=C(O)C1CC(c2ccc(OCCCc3ccccc3)cc2)NN1. The van der Waals surface area contributed by atoms with Gasteiger partial charge in [0, 0.05) is 6.04 Å². The lowest BCUT2D eigenvalue weighted by atomic mass is 10.0. The summed E-state index contributed by atoms with van der Waals surface area (Å²) in [6, 6.07) is 17.7. The molecule has 1 saturated heterocycles. The van der Waals surface area contributed by atoms with E-state index in [1.54, 1.807) is 0 Å². The van der Waals surface area contributed by atoms with Crippen LogP contribution in [0.4, 0.5) is 0 Å². The number of nitrogens with one attached hydrogen (secondary N) is 2. The van der Waals surface area contributed by atoms with Gasteiger partial charge in [0.25, 0.3) is 0 Å².